The molecule has 9 heteroatoms. The van der Waals surface area contributed by atoms with Crippen molar-refractivity contribution < 1.29 is 24.1 Å². The molecular formula is C14H10N2O7. The Morgan fingerprint density at radius 2 is 1.74 bits per heavy atom. The van der Waals surface area contributed by atoms with E-state index in [2.05, 4.69) is 0 Å². The van der Waals surface area contributed by atoms with E-state index in [0.29, 0.717) is 0 Å². The average molecular weight is 318 g/mol. The summed E-state index contributed by atoms with van der Waals surface area (Å²) in [5, 5.41) is 21.4. The Balaban J connectivity index is 2.00. The topological polar surface area (TPSA) is 122 Å². The first-order valence-corrected chi connectivity index (χ1v) is 6.28. The lowest BCUT2D eigenvalue weighted by atomic mass is 10.3. The van der Waals surface area contributed by atoms with Crippen molar-refractivity contribution >= 4 is 17.3 Å². The molecule has 0 aliphatic carbocycles. The lowest BCUT2D eigenvalue weighted by molar-refractivity contribution is -0.385. The second-order valence-electron chi connectivity index (χ2n) is 4.24. The fourth-order valence-electron chi connectivity index (χ4n) is 1.69. The standard InChI is InChI=1S/C14H10N2O7/c17-14(23-11-5-3-4-10(8-11)15(18)19)9-22-13-7-2-1-6-12(13)16(20)21/h1-8H,9H2. The number of rotatable bonds is 6. The summed E-state index contributed by atoms with van der Waals surface area (Å²) < 4.78 is 9.95. The maximum absolute atomic E-state index is 11.7. The lowest BCUT2D eigenvalue weighted by Crippen LogP contribution is -2.18. The van der Waals surface area contributed by atoms with E-state index in [0.717, 1.165) is 6.07 Å². The smallest absolute Gasteiger partial charge is 0.349 e. The van der Waals surface area contributed by atoms with Gasteiger partial charge in [0.1, 0.15) is 5.75 Å². The molecule has 0 amide bonds. The van der Waals surface area contributed by atoms with Crippen molar-refractivity contribution in [2.24, 2.45) is 0 Å². The Kier molecular flexibility index (Phi) is 4.82. The molecule has 0 N–H and O–H groups in total. The second kappa shape index (κ2) is 6.98. The van der Waals surface area contributed by atoms with Gasteiger partial charge in [0, 0.05) is 12.1 Å². The number of hydrogen-bond acceptors (Lipinski definition) is 7. The van der Waals surface area contributed by atoms with Gasteiger partial charge in [-0.25, -0.2) is 4.79 Å². The highest BCUT2D eigenvalue weighted by atomic mass is 16.6. The van der Waals surface area contributed by atoms with Crippen LogP contribution in [0.25, 0.3) is 0 Å². The molecular weight excluding hydrogens is 308 g/mol. The molecule has 9 nitrogen and oxygen atoms in total. The molecule has 0 fully saturated rings. The van der Waals surface area contributed by atoms with Gasteiger partial charge in [-0.15, -0.1) is 0 Å². The van der Waals surface area contributed by atoms with Crippen LogP contribution in [-0.2, 0) is 4.79 Å². The Morgan fingerprint density at radius 1 is 1.00 bits per heavy atom. The molecule has 0 bridgehead atoms. The molecule has 2 rings (SSSR count). The van der Waals surface area contributed by atoms with Gasteiger partial charge < -0.3 is 9.47 Å². The van der Waals surface area contributed by atoms with Crippen LogP contribution in [-0.4, -0.2) is 22.4 Å². The molecule has 0 atom stereocenters. The molecule has 0 aromatic heterocycles. The average Bonchev–Trinajstić information content (AvgIpc) is 2.53. The van der Waals surface area contributed by atoms with E-state index in [1.54, 1.807) is 0 Å². The van der Waals surface area contributed by atoms with Crippen molar-refractivity contribution in [1.29, 1.82) is 0 Å². The van der Waals surface area contributed by atoms with Gasteiger partial charge in [-0.3, -0.25) is 20.2 Å². The maximum atomic E-state index is 11.7. The van der Waals surface area contributed by atoms with Gasteiger partial charge in [0.2, 0.25) is 0 Å². The van der Waals surface area contributed by atoms with Crippen molar-refractivity contribution in [3.8, 4) is 11.5 Å². The van der Waals surface area contributed by atoms with E-state index in [9.17, 15) is 25.0 Å². The number of nitro benzene ring substituents is 2. The number of para-hydroxylation sites is 2. The lowest BCUT2D eigenvalue weighted by Gasteiger charge is -2.07. The van der Waals surface area contributed by atoms with Gasteiger partial charge in [-0.05, 0) is 12.1 Å². The van der Waals surface area contributed by atoms with Gasteiger partial charge in [-0.1, -0.05) is 18.2 Å². The third-order valence-corrected chi connectivity index (χ3v) is 2.67. The van der Waals surface area contributed by atoms with Gasteiger partial charge >= 0.3 is 11.7 Å². The number of nitrogens with zero attached hydrogens (tertiary/aromatic N) is 2. The molecule has 0 aliphatic rings. The van der Waals surface area contributed by atoms with Crippen molar-refractivity contribution in [3.05, 3.63) is 68.8 Å². The van der Waals surface area contributed by atoms with Crippen LogP contribution in [0.5, 0.6) is 11.5 Å². The van der Waals surface area contributed by atoms with E-state index in [1.165, 1.54) is 42.5 Å². The number of nitro groups is 2. The summed E-state index contributed by atoms with van der Waals surface area (Å²) in [6, 6.07) is 10.6. The summed E-state index contributed by atoms with van der Waals surface area (Å²) in [5.74, 6) is -0.937. The SMILES string of the molecule is O=C(COc1ccccc1[N+](=O)[O-])Oc1cccc([N+](=O)[O-])c1. The van der Waals surface area contributed by atoms with Crippen molar-refractivity contribution in [2.45, 2.75) is 0 Å². The number of non-ortho nitro benzene ring substituents is 1. The van der Waals surface area contributed by atoms with E-state index < -0.39 is 22.4 Å². The summed E-state index contributed by atoms with van der Waals surface area (Å²) >= 11 is 0. The third kappa shape index (κ3) is 4.24. The molecule has 23 heavy (non-hydrogen) atoms. The Bertz CT molecular complexity index is 760. The fraction of sp³-hybridized carbons (Fsp3) is 0.0714. The van der Waals surface area contributed by atoms with Gasteiger partial charge in [0.25, 0.3) is 5.69 Å². The first-order valence-electron chi connectivity index (χ1n) is 6.28. The zero-order valence-corrected chi connectivity index (χ0v) is 11.6. The van der Waals surface area contributed by atoms with Crippen LogP contribution in [0, 0.1) is 20.2 Å². The predicted molar refractivity (Wildman–Crippen MR) is 77.3 cm³/mol. The predicted octanol–water partition coefficient (Wildman–Crippen LogP) is 2.49. The molecule has 0 unspecified atom stereocenters. The quantitative estimate of drug-likeness (QED) is 0.347. The monoisotopic (exact) mass is 318 g/mol. The van der Waals surface area contributed by atoms with E-state index >= 15 is 0 Å². The van der Waals surface area contributed by atoms with Crippen LogP contribution in [0.15, 0.2) is 48.5 Å². The molecule has 0 aliphatic heterocycles. The molecule has 0 saturated carbocycles. The minimum atomic E-state index is -0.844. The second-order valence-corrected chi connectivity index (χ2v) is 4.24. The minimum Gasteiger partial charge on any atom is -0.475 e. The maximum Gasteiger partial charge on any atom is 0.349 e. The molecule has 2 aromatic rings. The van der Waals surface area contributed by atoms with Crippen molar-refractivity contribution in [1.82, 2.24) is 0 Å². The highest BCUT2D eigenvalue weighted by molar-refractivity contribution is 5.74. The number of benzene rings is 2. The number of hydrogen-bond donors (Lipinski definition) is 0. The first kappa shape index (κ1) is 15.9. The molecule has 0 saturated heterocycles. The number of ether oxygens (including phenoxy) is 2. The van der Waals surface area contributed by atoms with Crippen LogP contribution in [0.4, 0.5) is 11.4 Å². The van der Waals surface area contributed by atoms with Crippen LogP contribution in [0.2, 0.25) is 0 Å². The highest BCUT2D eigenvalue weighted by Crippen LogP contribution is 2.26. The summed E-state index contributed by atoms with van der Waals surface area (Å²) in [5.41, 5.74) is -0.509. The number of carbonyl (C=O) groups is 1. The zero-order valence-electron chi connectivity index (χ0n) is 11.6. The third-order valence-electron chi connectivity index (χ3n) is 2.67. The fourth-order valence-corrected chi connectivity index (χ4v) is 1.69. The van der Waals surface area contributed by atoms with E-state index in [4.69, 9.17) is 9.47 Å². The van der Waals surface area contributed by atoms with E-state index in [-0.39, 0.29) is 22.9 Å². The van der Waals surface area contributed by atoms with Gasteiger partial charge in [0.15, 0.2) is 12.4 Å². The Hall–Kier alpha value is -3.49. The van der Waals surface area contributed by atoms with Gasteiger partial charge in [-0.2, -0.15) is 0 Å². The Labute approximate surface area is 129 Å². The largest absolute Gasteiger partial charge is 0.475 e. The van der Waals surface area contributed by atoms with E-state index in [1.807, 2.05) is 0 Å². The van der Waals surface area contributed by atoms with Crippen molar-refractivity contribution in [2.75, 3.05) is 6.61 Å². The first-order chi connectivity index (χ1) is 11.0. The highest BCUT2D eigenvalue weighted by Gasteiger charge is 2.16. The van der Waals surface area contributed by atoms with Crippen LogP contribution < -0.4 is 9.47 Å². The molecule has 0 heterocycles. The molecule has 0 spiro atoms. The summed E-state index contributed by atoms with van der Waals surface area (Å²) in [6.45, 7) is -0.576. The summed E-state index contributed by atoms with van der Waals surface area (Å²) in [4.78, 5) is 31.8. The molecule has 2 aromatic carbocycles. The van der Waals surface area contributed by atoms with Crippen LogP contribution in [0.3, 0.4) is 0 Å². The summed E-state index contributed by atoms with van der Waals surface area (Å²) in [6.07, 6.45) is 0. The van der Waals surface area contributed by atoms with Crippen LogP contribution in [0.1, 0.15) is 0 Å². The molecule has 118 valence electrons. The molecule has 0 radical (unpaired) electrons. The Morgan fingerprint density at radius 3 is 2.43 bits per heavy atom. The van der Waals surface area contributed by atoms with Crippen LogP contribution >= 0.6 is 0 Å². The number of esters is 1. The number of carbonyl (C=O) groups excluding carboxylic acids is 1. The van der Waals surface area contributed by atoms with Crippen molar-refractivity contribution in [3.63, 3.8) is 0 Å². The minimum absolute atomic E-state index is 0.0182. The van der Waals surface area contributed by atoms with Gasteiger partial charge in [0.05, 0.1) is 15.9 Å². The summed E-state index contributed by atoms with van der Waals surface area (Å²) in [7, 11) is 0. The normalized spacial score (nSPS) is 9.91. The zero-order chi connectivity index (χ0) is 16.8.